The quantitative estimate of drug-likeness (QED) is 0.859. The van der Waals surface area contributed by atoms with Gasteiger partial charge in [-0.15, -0.1) is 0 Å². The van der Waals surface area contributed by atoms with E-state index >= 15 is 0 Å². The van der Waals surface area contributed by atoms with Crippen LogP contribution in [0.4, 0.5) is 0 Å². The second-order valence-corrected chi connectivity index (χ2v) is 5.41. The number of methoxy groups -OCH3 is 1. The first-order valence-electron chi connectivity index (χ1n) is 6.32. The minimum Gasteiger partial charge on any atom is -0.496 e. The molecule has 19 heavy (non-hydrogen) atoms. The number of carbonyl (C=O) groups is 1. The summed E-state index contributed by atoms with van der Waals surface area (Å²) in [5.74, 6) is -1.60. The number of hydrogen-bond donors (Lipinski definition) is 2. The molecule has 1 aromatic carbocycles. The number of ether oxygens (including phenoxy) is 1. The zero-order chi connectivity index (χ0) is 14.8. The Bertz CT molecular complexity index is 463. The lowest BCUT2D eigenvalue weighted by atomic mass is 9.76. The van der Waals surface area contributed by atoms with Gasteiger partial charge in [-0.1, -0.05) is 25.5 Å². The molecule has 0 aromatic heterocycles. The third kappa shape index (κ3) is 3.07. The second kappa shape index (κ2) is 5.61. The van der Waals surface area contributed by atoms with E-state index in [0.29, 0.717) is 11.3 Å². The first-order valence-corrected chi connectivity index (χ1v) is 6.32. The number of carboxylic acid groups (broad SMARTS) is 1. The Morgan fingerprint density at radius 1 is 1.37 bits per heavy atom. The largest absolute Gasteiger partial charge is 0.496 e. The van der Waals surface area contributed by atoms with Gasteiger partial charge in [0, 0.05) is 5.56 Å². The van der Waals surface area contributed by atoms with Crippen LogP contribution >= 0.6 is 0 Å². The van der Waals surface area contributed by atoms with Crippen molar-refractivity contribution in [1.82, 2.24) is 0 Å². The number of aliphatic hydroxyl groups is 1. The van der Waals surface area contributed by atoms with Crippen LogP contribution < -0.4 is 4.74 Å². The van der Waals surface area contributed by atoms with E-state index in [9.17, 15) is 15.0 Å². The van der Waals surface area contributed by atoms with Crippen molar-refractivity contribution in [2.24, 2.45) is 11.8 Å². The highest BCUT2D eigenvalue weighted by Gasteiger charge is 2.42. The lowest BCUT2D eigenvalue weighted by Crippen LogP contribution is -2.40. The molecule has 0 fully saturated rings. The number of hydrogen-bond acceptors (Lipinski definition) is 3. The van der Waals surface area contributed by atoms with Crippen LogP contribution in [-0.4, -0.2) is 23.3 Å². The summed E-state index contributed by atoms with van der Waals surface area (Å²) in [5, 5.41) is 20.1. The van der Waals surface area contributed by atoms with Gasteiger partial charge in [0.15, 0.2) is 0 Å². The van der Waals surface area contributed by atoms with Crippen molar-refractivity contribution < 1.29 is 19.7 Å². The fourth-order valence-electron chi connectivity index (χ4n) is 2.56. The maximum Gasteiger partial charge on any atom is 0.310 e. The monoisotopic (exact) mass is 266 g/mol. The van der Waals surface area contributed by atoms with Crippen molar-refractivity contribution in [2.45, 2.75) is 33.3 Å². The Labute approximate surface area is 114 Å². The summed E-state index contributed by atoms with van der Waals surface area (Å²) in [6.07, 6.45) is 0. The summed E-state index contributed by atoms with van der Waals surface area (Å²) in [4.78, 5) is 11.4. The topological polar surface area (TPSA) is 66.8 Å². The first kappa shape index (κ1) is 15.5. The maximum absolute atomic E-state index is 11.4. The van der Waals surface area contributed by atoms with Crippen molar-refractivity contribution in [2.75, 3.05) is 7.11 Å². The second-order valence-electron chi connectivity index (χ2n) is 5.41. The summed E-state index contributed by atoms with van der Waals surface area (Å²) in [6, 6.07) is 5.39. The van der Waals surface area contributed by atoms with Crippen LogP contribution in [0.1, 0.15) is 31.9 Å². The standard InChI is InChI=1S/C15H22O4/c1-9(2)13(14(16)17)15(4,18)11-8-10(3)6-7-12(11)19-5/h6-9,13,18H,1-5H3,(H,16,17). The molecule has 0 amide bonds. The predicted octanol–water partition coefficient (Wildman–Crippen LogP) is 2.57. The Morgan fingerprint density at radius 2 is 1.95 bits per heavy atom. The molecule has 0 aliphatic carbocycles. The molecule has 4 nitrogen and oxygen atoms in total. The molecule has 2 atom stereocenters. The van der Waals surface area contributed by atoms with Crippen LogP contribution in [0.2, 0.25) is 0 Å². The molecule has 106 valence electrons. The molecule has 0 radical (unpaired) electrons. The lowest BCUT2D eigenvalue weighted by molar-refractivity contribution is -0.155. The highest BCUT2D eigenvalue weighted by atomic mass is 16.5. The van der Waals surface area contributed by atoms with Gasteiger partial charge < -0.3 is 14.9 Å². The van der Waals surface area contributed by atoms with Crippen molar-refractivity contribution >= 4 is 5.97 Å². The highest BCUT2D eigenvalue weighted by Crippen LogP contribution is 2.39. The predicted molar refractivity (Wildman–Crippen MR) is 73.3 cm³/mol. The smallest absolute Gasteiger partial charge is 0.310 e. The van der Waals surface area contributed by atoms with Gasteiger partial charge in [-0.3, -0.25) is 4.79 Å². The minimum absolute atomic E-state index is 0.197. The molecule has 0 aliphatic rings. The third-order valence-corrected chi connectivity index (χ3v) is 3.44. The number of carboxylic acids is 1. The number of rotatable bonds is 5. The highest BCUT2D eigenvalue weighted by molar-refractivity contribution is 5.72. The molecule has 0 saturated heterocycles. The number of aliphatic carboxylic acids is 1. The van der Waals surface area contributed by atoms with E-state index in [1.165, 1.54) is 14.0 Å². The molecule has 1 rings (SSSR count). The van der Waals surface area contributed by atoms with E-state index in [0.717, 1.165) is 5.56 Å². The van der Waals surface area contributed by atoms with Crippen LogP contribution in [-0.2, 0) is 10.4 Å². The minimum atomic E-state index is -1.49. The molecular weight excluding hydrogens is 244 g/mol. The van der Waals surface area contributed by atoms with E-state index in [2.05, 4.69) is 0 Å². The van der Waals surface area contributed by atoms with Crippen molar-refractivity contribution in [3.05, 3.63) is 29.3 Å². The van der Waals surface area contributed by atoms with Gasteiger partial charge in [-0.2, -0.15) is 0 Å². The van der Waals surface area contributed by atoms with Gasteiger partial charge in [0.2, 0.25) is 0 Å². The Morgan fingerprint density at radius 3 is 2.37 bits per heavy atom. The number of aryl methyl sites for hydroxylation is 1. The van der Waals surface area contributed by atoms with Crippen molar-refractivity contribution in [3.63, 3.8) is 0 Å². The summed E-state index contributed by atoms with van der Waals surface area (Å²) in [7, 11) is 1.51. The fraction of sp³-hybridized carbons (Fsp3) is 0.533. The van der Waals surface area contributed by atoms with Crippen LogP contribution in [0.5, 0.6) is 5.75 Å². The molecule has 0 heterocycles. The van der Waals surface area contributed by atoms with E-state index < -0.39 is 17.5 Å². The summed E-state index contributed by atoms with van der Waals surface area (Å²) in [6.45, 7) is 7.00. The third-order valence-electron chi connectivity index (χ3n) is 3.44. The summed E-state index contributed by atoms with van der Waals surface area (Å²) in [5.41, 5.74) is -0.0303. The average molecular weight is 266 g/mol. The van der Waals surface area contributed by atoms with E-state index in [-0.39, 0.29) is 5.92 Å². The van der Waals surface area contributed by atoms with Crippen LogP contribution in [0.25, 0.3) is 0 Å². The van der Waals surface area contributed by atoms with Crippen LogP contribution in [0.3, 0.4) is 0 Å². The molecule has 0 spiro atoms. The SMILES string of the molecule is COc1ccc(C)cc1C(C)(O)C(C(=O)O)C(C)C. The molecular formula is C15H22O4. The lowest BCUT2D eigenvalue weighted by Gasteiger charge is -2.34. The van der Waals surface area contributed by atoms with Gasteiger partial charge >= 0.3 is 5.97 Å². The van der Waals surface area contributed by atoms with Gasteiger partial charge in [0.1, 0.15) is 11.4 Å². The molecule has 0 bridgehead atoms. The van der Waals surface area contributed by atoms with Crippen molar-refractivity contribution in [3.8, 4) is 5.75 Å². The summed E-state index contributed by atoms with van der Waals surface area (Å²) >= 11 is 0. The fourth-order valence-corrected chi connectivity index (χ4v) is 2.56. The van der Waals surface area contributed by atoms with Gasteiger partial charge in [0.05, 0.1) is 13.0 Å². The molecule has 4 heteroatoms. The average Bonchev–Trinajstić information content (AvgIpc) is 2.27. The normalized spacial score (nSPS) is 15.9. The van der Waals surface area contributed by atoms with E-state index in [1.54, 1.807) is 26.0 Å². The zero-order valence-electron chi connectivity index (χ0n) is 12.1. The van der Waals surface area contributed by atoms with Crippen molar-refractivity contribution in [1.29, 1.82) is 0 Å². The number of benzene rings is 1. The Kier molecular flexibility index (Phi) is 4.58. The summed E-state index contributed by atoms with van der Waals surface area (Å²) < 4.78 is 5.24. The molecule has 2 unspecified atom stereocenters. The van der Waals surface area contributed by atoms with Crippen LogP contribution in [0, 0.1) is 18.8 Å². The Hall–Kier alpha value is -1.55. The molecule has 2 N–H and O–H groups in total. The molecule has 0 saturated carbocycles. The van der Waals surface area contributed by atoms with Crippen LogP contribution in [0.15, 0.2) is 18.2 Å². The van der Waals surface area contributed by atoms with Gasteiger partial charge in [-0.25, -0.2) is 0 Å². The zero-order valence-corrected chi connectivity index (χ0v) is 12.1. The van der Waals surface area contributed by atoms with Gasteiger partial charge in [-0.05, 0) is 31.9 Å². The van der Waals surface area contributed by atoms with E-state index in [4.69, 9.17) is 4.74 Å². The maximum atomic E-state index is 11.4. The van der Waals surface area contributed by atoms with E-state index in [1.807, 2.05) is 13.0 Å². The molecule has 1 aromatic rings. The van der Waals surface area contributed by atoms with Gasteiger partial charge in [0.25, 0.3) is 0 Å². The first-order chi connectivity index (χ1) is 8.71. The Balaban J connectivity index is 3.39. The molecule has 0 aliphatic heterocycles.